The third kappa shape index (κ3) is 5.09. The average Bonchev–Trinajstić information content (AvgIpc) is 2.44. The zero-order valence-electron chi connectivity index (χ0n) is 12.5. The quantitative estimate of drug-likeness (QED) is 0.783. The summed E-state index contributed by atoms with van der Waals surface area (Å²) in [4.78, 5) is 2.30. The van der Waals surface area contributed by atoms with Crippen LogP contribution in [0.15, 0.2) is 18.2 Å². The molecule has 1 atom stereocenters. The molecular weight excluding hydrogens is 240 g/mol. The predicted octanol–water partition coefficient (Wildman–Crippen LogP) is 2.12. The Morgan fingerprint density at radius 2 is 1.89 bits per heavy atom. The van der Waals surface area contributed by atoms with Crippen LogP contribution in [0.2, 0.25) is 0 Å². The highest BCUT2D eigenvalue weighted by Gasteiger charge is 2.07. The first-order valence-corrected chi connectivity index (χ1v) is 6.70. The highest BCUT2D eigenvalue weighted by molar-refractivity contribution is 5.42. The maximum Gasteiger partial charge on any atom is 0.161 e. The van der Waals surface area contributed by atoms with E-state index in [9.17, 15) is 0 Å². The molecule has 0 saturated heterocycles. The van der Waals surface area contributed by atoms with Crippen molar-refractivity contribution < 1.29 is 9.47 Å². The Balaban J connectivity index is 2.56. The van der Waals surface area contributed by atoms with Crippen LogP contribution < -0.4 is 15.2 Å². The van der Waals surface area contributed by atoms with Crippen molar-refractivity contribution in [3.63, 3.8) is 0 Å². The fraction of sp³-hybridized carbons (Fsp3) is 0.600. The molecule has 0 heterocycles. The van der Waals surface area contributed by atoms with E-state index in [0.717, 1.165) is 37.6 Å². The Morgan fingerprint density at radius 1 is 1.21 bits per heavy atom. The fourth-order valence-corrected chi connectivity index (χ4v) is 1.93. The van der Waals surface area contributed by atoms with Crippen molar-refractivity contribution in [1.82, 2.24) is 4.90 Å². The second-order valence-electron chi connectivity index (χ2n) is 5.06. The minimum Gasteiger partial charge on any atom is -0.493 e. The first kappa shape index (κ1) is 15.8. The largest absolute Gasteiger partial charge is 0.493 e. The minimum absolute atomic E-state index is 0.577. The first-order valence-electron chi connectivity index (χ1n) is 6.70. The smallest absolute Gasteiger partial charge is 0.161 e. The van der Waals surface area contributed by atoms with Crippen molar-refractivity contribution in [3.05, 3.63) is 23.8 Å². The lowest BCUT2D eigenvalue weighted by Crippen LogP contribution is -2.23. The summed E-state index contributed by atoms with van der Waals surface area (Å²) in [5, 5.41) is 0. The highest BCUT2D eigenvalue weighted by Crippen LogP contribution is 2.27. The number of nitrogens with zero attached hydrogens (tertiary/aromatic N) is 1. The van der Waals surface area contributed by atoms with Gasteiger partial charge >= 0.3 is 0 Å². The molecule has 1 aromatic rings. The van der Waals surface area contributed by atoms with Crippen molar-refractivity contribution in [3.8, 4) is 11.5 Å². The van der Waals surface area contributed by atoms with Crippen LogP contribution in [0, 0.1) is 5.92 Å². The van der Waals surface area contributed by atoms with Crippen molar-refractivity contribution in [2.45, 2.75) is 19.9 Å². The van der Waals surface area contributed by atoms with Crippen molar-refractivity contribution in [2.24, 2.45) is 11.7 Å². The van der Waals surface area contributed by atoms with Crippen LogP contribution in [0.3, 0.4) is 0 Å². The molecule has 0 aliphatic carbocycles. The number of methoxy groups -OCH3 is 2. The second kappa shape index (κ2) is 8.02. The molecule has 4 nitrogen and oxygen atoms in total. The molecule has 19 heavy (non-hydrogen) atoms. The van der Waals surface area contributed by atoms with Crippen LogP contribution in [0.25, 0.3) is 0 Å². The van der Waals surface area contributed by atoms with E-state index in [2.05, 4.69) is 24.9 Å². The van der Waals surface area contributed by atoms with E-state index in [1.54, 1.807) is 14.2 Å². The molecule has 0 radical (unpaired) electrons. The summed E-state index contributed by atoms with van der Waals surface area (Å²) < 4.78 is 10.6. The topological polar surface area (TPSA) is 47.7 Å². The van der Waals surface area contributed by atoms with Gasteiger partial charge in [0.15, 0.2) is 11.5 Å². The molecule has 4 heteroatoms. The predicted molar refractivity (Wildman–Crippen MR) is 78.7 cm³/mol. The first-order chi connectivity index (χ1) is 9.10. The van der Waals surface area contributed by atoms with Crippen LogP contribution in [0.4, 0.5) is 0 Å². The van der Waals surface area contributed by atoms with E-state index in [-0.39, 0.29) is 0 Å². The Kier molecular flexibility index (Phi) is 6.67. The van der Waals surface area contributed by atoms with E-state index in [0.29, 0.717) is 5.92 Å². The molecule has 1 aromatic carbocycles. The Hall–Kier alpha value is -1.26. The van der Waals surface area contributed by atoms with E-state index in [1.165, 1.54) is 5.56 Å². The lowest BCUT2D eigenvalue weighted by molar-refractivity contribution is 0.298. The Morgan fingerprint density at radius 3 is 2.47 bits per heavy atom. The summed E-state index contributed by atoms with van der Waals surface area (Å²) in [5.41, 5.74) is 6.85. The lowest BCUT2D eigenvalue weighted by atomic mass is 10.1. The molecule has 0 amide bonds. The van der Waals surface area contributed by atoms with E-state index >= 15 is 0 Å². The third-order valence-electron chi connectivity index (χ3n) is 3.31. The molecular formula is C15H26N2O2. The fourth-order valence-electron chi connectivity index (χ4n) is 1.93. The SMILES string of the molecule is COc1ccc(CN(C)CCC(C)CN)cc1OC. The second-order valence-corrected chi connectivity index (χ2v) is 5.06. The van der Waals surface area contributed by atoms with Gasteiger partial charge in [-0.15, -0.1) is 0 Å². The van der Waals surface area contributed by atoms with Crippen LogP contribution >= 0.6 is 0 Å². The molecule has 0 bridgehead atoms. The molecule has 0 fully saturated rings. The molecule has 0 aromatic heterocycles. The van der Waals surface area contributed by atoms with Gasteiger partial charge in [0.1, 0.15) is 0 Å². The zero-order valence-corrected chi connectivity index (χ0v) is 12.5. The number of ether oxygens (including phenoxy) is 2. The van der Waals surface area contributed by atoms with Gasteiger partial charge in [0.25, 0.3) is 0 Å². The molecule has 2 N–H and O–H groups in total. The maximum atomic E-state index is 5.63. The minimum atomic E-state index is 0.577. The van der Waals surface area contributed by atoms with Gasteiger partial charge in [-0.3, -0.25) is 0 Å². The number of hydrogen-bond acceptors (Lipinski definition) is 4. The summed E-state index contributed by atoms with van der Waals surface area (Å²) in [6, 6.07) is 6.05. The third-order valence-corrected chi connectivity index (χ3v) is 3.31. The van der Waals surface area contributed by atoms with E-state index < -0.39 is 0 Å². The summed E-state index contributed by atoms with van der Waals surface area (Å²) in [6.45, 7) is 4.89. The molecule has 108 valence electrons. The van der Waals surface area contributed by atoms with Gasteiger partial charge in [-0.1, -0.05) is 13.0 Å². The van der Waals surface area contributed by atoms with Gasteiger partial charge in [-0.05, 0) is 50.2 Å². The molecule has 0 aliphatic heterocycles. The molecule has 1 rings (SSSR count). The Bertz CT molecular complexity index is 382. The number of rotatable bonds is 8. The number of benzene rings is 1. The average molecular weight is 266 g/mol. The lowest BCUT2D eigenvalue weighted by Gasteiger charge is -2.19. The van der Waals surface area contributed by atoms with Crippen molar-refractivity contribution >= 4 is 0 Å². The molecule has 0 spiro atoms. The summed E-state index contributed by atoms with van der Waals surface area (Å²) >= 11 is 0. The zero-order chi connectivity index (χ0) is 14.3. The summed E-state index contributed by atoms with van der Waals surface area (Å²) in [6.07, 6.45) is 1.13. The Labute approximate surface area is 116 Å². The van der Waals surface area contributed by atoms with Crippen LogP contribution in [0.1, 0.15) is 18.9 Å². The van der Waals surface area contributed by atoms with Gasteiger partial charge < -0.3 is 20.1 Å². The van der Waals surface area contributed by atoms with Crippen LogP contribution in [0.5, 0.6) is 11.5 Å². The summed E-state index contributed by atoms with van der Waals surface area (Å²) in [7, 11) is 5.44. The maximum absolute atomic E-state index is 5.63. The highest BCUT2D eigenvalue weighted by atomic mass is 16.5. The van der Waals surface area contributed by atoms with E-state index in [4.69, 9.17) is 15.2 Å². The van der Waals surface area contributed by atoms with E-state index in [1.807, 2.05) is 12.1 Å². The van der Waals surface area contributed by atoms with Gasteiger partial charge in [-0.2, -0.15) is 0 Å². The monoisotopic (exact) mass is 266 g/mol. The standard InChI is InChI=1S/C15H26N2O2/c1-12(10-16)7-8-17(2)11-13-5-6-14(18-3)15(9-13)19-4/h5-6,9,12H,7-8,10-11,16H2,1-4H3. The van der Waals surface area contributed by atoms with Crippen LogP contribution in [-0.4, -0.2) is 39.3 Å². The van der Waals surface area contributed by atoms with Gasteiger partial charge in [0.2, 0.25) is 0 Å². The van der Waals surface area contributed by atoms with Gasteiger partial charge in [-0.25, -0.2) is 0 Å². The van der Waals surface area contributed by atoms with Crippen molar-refractivity contribution in [1.29, 1.82) is 0 Å². The number of hydrogen-bond donors (Lipinski definition) is 1. The van der Waals surface area contributed by atoms with Gasteiger partial charge in [0.05, 0.1) is 14.2 Å². The molecule has 1 unspecified atom stereocenters. The number of nitrogens with two attached hydrogens (primary N) is 1. The summed E-state index contributed by atoms with van der Waals surface area (Å²) in [5.74, 6) is 2.13. The van der Waals surface area contributed by atoms with Crippen LogP contribution in [-0.2, 0) is 6.54 Å². The molecule has 0 saturated carbocycles. The van der Waals surface area contributed by atoms with Gasteiger partial charge in [0, 0.05) is 6.54 Å². The van der Waals surface area contributed by atoms with Crippen molar-refractivity contribution in [2.75, 3.05) is 34.4 Å². The normalized spacial score (nSPS) is 12.5. The molecule has 0 aliphatic rings.